The molecule has 0 radical (unpaired) electrons. The van der Waals surface area contributed by atoms with Gasteiger partial charge in [0.05, 0.1) is 0 Å². The molecule has 2 aliphatic rings. The van der Waals surface area contributed by atoms with Gasteiger partial charge >= 0.3 is 0 Å². The third-order valence-electron chi connectivity index (χ3n) is 3.47. The van der Waals surface area contributed by atoms with Crippen LogP contribution in [-0.2, 0) is 0 Å². The summed E-state index contributed by atoms with van der Waals surface area (Å²) in [5, 5.41) is 0. The Hall–Kier alpha value is -1.69. The highest BCUT2D eigenvalue weighted by atomic mass is 16.2. The Morgan fingerprint density at radius 2 is 2.18 bits per heavy atom. The van der Waals surface area contributed by atoms with E-state index in [1.165, 1.54) is 6.42 Å². The quantitative estimate of drug-likeness (QED) is 0.421. The maximum Gasteiger partial charge on any atom is 0.283 e. The number of hydrogen-bond acceptors (Lipinski definition) is 5. The highest BCUT2D eigenvalue weighted by Gasteiger charge is 2.45. The molecule has 0 aromatic carbocycles. The molecule has 2 heterocycles. The number of nitrogens with two attached hydrogens (primary N) is 1. The van der Waals surface area contributed by atoms with E-state index in [4.69, 9.17) is 5.84 Å². The molecule has 0 spiro atoms. The van der Waals surface area contributed by atoms with Gasteiger partial charge in [0.2, 0.25) is 5.95 Å². The number of nitrogen functional groups attached to an aromatic ring is 1. The summed E-state index contributed by atoms with van der Waals surface area (Å²) in [7, 11) is 0. The lowest BCUT2D eigenvalue weighted by atomic mass is 10.3. The van der Waals surface area contributed by atoms with Gasteiger partial charge in [-0.1, -0.05) is 0 Å². The Labute approximate surface area is 99.2 Å². The number of carbonyl (C=O) groups excluding carboxylic acids is 1. The van der Waals surface area contributed by atoms with E-state index in [-0.39, 0.29) is 5.91 Å². The fourth-order valence-electron chi connectivity index (χ4n) is 2.45. The van der Waals surface area contributed by atoms with Crippen molar-refractivity contribution in [2.75, 3.05) is 18.0 Å². The first-order chi connectivity index (χ1) is 8.17. The highest BCUT2D eigenvalue weighted by Crippen LogP contribution is 2.45. The van der Waals surface area contributed by atoms with Crippen LogP contribution in [0.15, 0.2) is 6.07 Å². The maximum atomic E-state index is 11.5. The third-order valence-corrected chi connectivity index (χ3v) is 3.47. The topological polar surface area (TPSA) is 84.1 Å². The van der Waals surface area contributed by atoms with Crippen LogP contribution in [0.2, 0.25) is 0 Å². The summed E-state index contributed by atoms with van der Waals surface area (Å²) >= 11 is 0. The second kappa shape index (κ2) is 3.66. The van der Waals surface area contributed by atoms with Crippen molar-refractivity contribution >= 4 is 11.9 Å². The number of amides is 1. The number of anilines is 1. The predicted molar refractivity (Wildman–Crippen MR) is 62.2 cm³/mol. The van der Waals surface area contributed by atoms with Crippen LogP contribution < -0.4 is 16.2 Å². The maximum absolute atomic E-state index is 11.5. The van der Waals surface area contributed by atoms with Gasteiger partial charge in [-0.2, -0.15) is 0 Å². The monoisotopic (exact) mass is 233 g/mol. The molecule has 6 nitrogen and oxygen atoms in total. The number of aromatic nitrogens is 2. The van der Waals surface area contributed by atoms with Crippen LogP contribution in [0.1, 0.15) is 22.6 Å². The molecule has 1 aliphatic heterocycles. The Morgan fingerprint density at radius 1 is 1.47 bits per heavy atom. The standard InChI is InChI=1S/C11H15N5O/c1-6-2-9(10(17)15-12)14-11(13-6)16-4-7-3-8(7)5-16/h2,7-8H,3-5,12H2,1H3,(H,15,17). The largest absolute Gasteiger partial charge is 0.340 e. The number of fused-ring (bicyclic) bond motifs is 1. The Balaban J connectivity index is 1.88. The fraction of sp³-hybridized carbons (Fsp3) is 0.545. The number of nitrogens with zero attached hydrogens (tertiary/aromatic N) is 3. The molecule has 1 saturated carbocycles. The molecule has 0 bridgehead atoms. The average Bonchev–Trinajstić information content (AvgIpc) is 2.94. The van der Waals surface area contributed by atoms with Crippen LogP contribution in [-0.4, -0.2) is 29.0 Å². The van der Waals surface area contributed by atoms with Gasteiger partial charge in [0.25, 0.3) is 5.91 Å². The van der Waals surface area contributed by atoms with Gasteiger partial charge in [-0.25, -0.2) is 15.8 Å². The van der Waals surface area contributed by atoms with E-state index in [1.807, 2.05) is 6.92 Å². The first kappa shape index (κ1) is 10.5. The molecule has 1 amide bonds. The van der Waals surface area contributed by atoms with Crippen molar-refractivity contribution in [2.24, 2.45) is 17.7 Å². The minimum Gasteiger partial charge on any atom is -0.340 e. The first-order valence-corrected chi connectivity index (χ1v) is 5.79. The summed E-state index contributed by atoms with van der Waals surface area (Å²) in [6.45, 7) is 3.88. The number of hydrogen-bond donors (Lipinski definition) is 2. The fourth-order valence-corrected chi connectivity index (χ4v) is 2.45. The minimum absolute atomic E-state index is 0.329. The number of piperidine rings is 1. The smallest absolute Gasteiger partial charge is 0.283 e. The van der Waals surface area contributed by atoms with E-state index in [2.05, 4.69) is 20.3 Å². The minimum atomic E-state index is -0.374. The van der Waals surface area contributed by atoms with Crippen molar-refractivity contribution in [3.63, 3.8) is 0 Å². The van der Waals surface area contributed by atoms with Crippen molar-refractivity contribution in [3.05, 3.63) is 17.5 Å². The van der Waals surface area contributed by atoms with Crippen LogP contribution in [0.5, 0.6) is 0 Å². The SMILES string of the molecule is Cc1cc(C(=O)NN)nc(N2CC3CC3C2)n1. The van der Waals surface area contributed by atoms with Crippen molar-refractivity contribution in [1.29, 1.82) is 0 Å². The molecular weight excluding hydrogens is 218 g/mol. The number of aryl methyl sites for hydroxylation is 1. The molecule has 90 valence electrons. The molecule has 17 heavy (non-hydrogen) atoms. The molecule has 2 fully saturated rings. The molecule has 3 rings (SSSR count). The van der Waals surface area contributed by atoms with E-state index in [1.54, 1.807) is 6.07 Å². The number of carbonyl (C=O) groups is 1. The van der Waals surface area contributed by atoms with Crippen LogP contribution in [0.3, 0.4) is 0 Å². The lowest BCUT2D eigenvalue weighted by Crippen LogP contribution is -2.32. The zero-order valence-electron chi connectivity index (χ0n) is 9.68. The zero-order chi connectivity index (χ0) is 12.0. The Kier molecular flexibility index (Phi) is 2.25. The van der Waals surface area contributed by atoms with Crippen LogP contribution in [0.25, 0.3) is 0 Å². The number of hydrazine groups is 1. The highest BCUT2D eigenvalue weighted by molar-refractivity contribution is 5.92. The van der Waals surface area contributed by atoms with Gasteiger partial charge in [-0.3, -0.25) is 10.2 Å². The molecule has 2 unspecified atom stereocenters. The second-order valence-corrected chi connectivity index (χ2v) is 4.83. The van der Waals surface area contributed by atoms with E-state index < -0.39 is 0 Å². The van der Waals surface area contributed by atoms with Crippen molar-refractivity contribution in [3.8, 4) is 0 Å². The molecule has 1 aromatic rings. The second-order valence-electron chi connectivity index (χ2n) is 4.83. The van der Waals surface area contributed by atoms with E-state index in [0.717, 1.165) is 30.6 Å². The molecular formula is C11H15N5O. The Morgan fingerprint density at radius 3 is 2.82 bits per heavy atom. The summed E-state index contributed by atoms with van der Waals surface area (Å²) < 4.78 is 0. The predicted octanol–water partition coefficient (Wildman–Crippen LogP) is -0.155. The average molecular weight is 233 g/mol. The van der Waals surface area contributed by atoms with Crippen molar-refractivity contribution in [1.82, 2.24) is 15.4 Å². The summed E-state index contributed by atoms with van der Waals surface area (Å²) in [6, 6.07) is 1.64. The normalized spacial score (nSPS) is 25.6. The van der Waals surface area contributed by atoms with Crippen molar-refractivity contribution in [2.45, 2.75) is 13.3 Å². The van der Waals surface area contributed by atoms with Gasteiger partial charge in [-0.05, 0) is 31.2 Å². The van der Waals surface area contributed by atoms with Crippen LogP contribution in [0.4, 0.5) is 5.95 Å². The molecule has 6 heteroatoms. The first-order valence-electron chi connectivity index (χ1n) is 5.79. The van der Waals surface area contributed by atoms with Crippen LogP contribution >= 0.6 is 0 Å². The lowest BCUT2D eigenvalue weighted by molar-refractivity contribution is 0.0948. The van der Waals surface area contributed by atoms with E-state index in [0.29, 0.717) is 11.6 Å². The Bertz CT molecular complexity index is 465. The van der Waals surface area contributed by atoms with E-state index in [9.17, 15) is 4.79 Å². The number of nitrogens with one attached hydrogen (secondary N) is 1. The third kappa shape index (κ3) is 1.84. The molecule has 1 saturated heterocycles. The lowest BCUT2D eigenvalue weighted by Gasteiger charge is -2.18. The number of rotatable bonds is 2. The van der Waals surface area contributed by atoms with Gasteiger partial charge in [0, 0.05) is 18.8 Å². The van der Waals surface area contributed by atoms with Crippen molar-refractivity contribution < 1.29 is 4.79 Å². The van der Waals surface area contributed by atoms with Gasteiger partial charge < -0.3 is 4.90 Å². The molecule has 1 aromatic heterocycles. The summed E-state index contributed by atoms with van der Waals surface area (Å²) in [5.74, 6) is 7.01. The van der Waals surface area contributed by atoms with Gasteiger partial charge in [0.1, 0.15) is 5.69 Å². The van der Waals surface area contributed by atoms with Gasteiger partial charge in [-0.15, -0.1) is 0 Å². The van der Waals surface area contributed by atoms with E-state index >= 15 is 0 Å². The van der Waals surface area contributed by atoms with Gasteiger partial charge in [0.15, 0.2) is 0 Å². The summed E-state index contributed by atoms with van der Waals surface area (Å²) in [5.41, 5.74) is 3.21. The summed E-state index contributed by atoms with van der Waals surface area (Å²) in [4.78, 5) is 22.3. The van der Waals surface area contributed by atoms with Crippen LogP contribution in [0, 0.1) is 18.8 Å². The summed E-state index contributed by atoms with van der Waals surface area (Å²) in [6.07, 6.45) is 1.33. The molecule has 1 aliphatic carbocycles. The molecule has 3 N–H and O–H groups in total. The zero-order valence-corrected chi connectivity index (χ0v) is 9.68. The molecule has 2 atom stereocenters.